The van der Waals surface area contributed by atoms with Crippen molar-refractivity contribution in [2.24, 2.45) is 5.92 Å². The molecule has 29 heavy (non-hydrogen) atoms. The molecule has 1 aliphatic rings. The van der Waals surface area contributed by atoms with Crippen molar-refractivity contribution in [1.29, 1.82) is 0 Å². The van der Waals surface area contributed by atoms with Crippen LogP contribution in [-0.2, 0) is 4.74 Å². The molecule has 1 unspecified atom stereocenters. The molecule has 1 aromatic carbocycles. The van der Waals surface area contributed by atoms with E-state index < -0.39 is 4.92 Å². The number of anilines is 1. The van der Waals surface area contributed by atoms with Crippen LogP contribution in [0, 0.1) is 16.0 Å². The van der Waals surface area contributed by atoms with Gasteiger partial charge in [-0.2, -0.15) is 0 Å². The zero-order valence-electron chi connectivity index (χ0n) is 17.6. The molecule has 9 nitrogen and oxygen atoms in total. The van der Waals surface area contributed by atoms with Gasteiger partial charge in [-0.25, -0.2) is 0 Å². The number of nitrogens with zero attached hydrogens (tertiary/aromatic N) is 3. The van der Waals surface area contributed by atoms with Gasteiger partial charge in [-0.15, -0.1) is 0 Å². The summed E-state index contributed by atoms with van der Waals surface area (Å²) in [6.07, 6.45) is 0. The van der Waals surface area contributed by atoms with Crippen LogP contribution < -0.4 is 10.6 Å². The molecule has 1 amide bonds. The number of piperazine rings is 1. The van der Waals surface area contributed by atoms with E-state index in [0.29, 0.717) is 31.3 Å². The zero-order valence-corrected chi connectivity index (χ0v) is 17.6. The van der Waals surface area contributed by atoms with E-state index in [0.717, 1.165) is 39.3 Å². The fourth-order valence-corrected chi connectivity index (χ4v) is 3.42. The number of rotatable bonds is 11. The number of methoxy groups -OCH3 is 1. The average Bonchev–Trinajstić information content (AvgIpc) is 2.72. The Bertz CT molecular complexity index is 677. The van der Waals surface area contributed by atoms with Crippen molar-refractivity contribution in [2.45, 2.75) is 13.8 Å². The summed E-state index contributed by atoms with van der Waals surface area (Å²) in [5, 5.41) is 17.2. The maximum atomic E-state index is 12.5. The van der Waals surface area contributed by atoms with E-state index in [1.165, 1.54) is 6.07 Å². The van der Waals surface area contributed by atoms with Gasteiger partial charge in [0.1, 0.15) is 5.69 Å². The molecule has 0 radical (unpaired) electrons. The Kier molecular flexibility index (Phi) is 9.30. The normalized spacial score (nSPS) is 16.4. The van der Waals surface area contributed by atoms with Crippen LogP contribution in [0.4, 0.5) is 11.4 Å². The zero-order chi connectivity index (χ0) is 21.2. The van der Waals surface area contributed by atoms with Gasteiger partial charge in [-0.05, 0) is 24.6 Å². The van der Waals surface area contributed by atoms with Crippen LogP contribution >= 0.6 is 0 Å². The second-order valence-electron chi connectivity index (χ2n) is 7.46. The Labute approximate surface area is 172 Å². The van der Waals surface area contributed by atoms with Crippen LogP contribution in [0.1, 0.15) is 24.2 Å². The molecular formula is C20H33N5O4. The molecule has 2 N–H and O–H groups in total. The average molecular weight is 408 g/mol. The molecule has 0 saturated carbocycles. The molecule has 1 aromatic rings. The predicted octanol–water partition coefficient (Wildman–Crippen LogP) is 1.66. The molecule has 0 bridgehead atoms. The predicted molar refractivity (Wildman–Crippen MR) is 114 cm³/mol. The maximum Gasteiger partial charge on any atom is 0.293 e. The highest BCUT2D eigenvalue weighted by Crippen LogP contribution is 2.25. The van der Waals surface area contributed by atoms with Crippen molar-refractivity contribution in [3.05, 3.63) is 33.9 Å². The highest BCUT2D eigenvalue weighted by molar-refractivity contribution is 5.95. The van der Waals surface area contributed by atoms with Crippen molar-refractivity contribution in [2.75, 3.05) is 71.4 Å². The lowest BCUT2D eigenvalue weighted by Gasteiger charge is -2.35. The number of nitrogens with one attached hydrogen (secondary N) is 2. The second-order valence-corrected chi connectivity index (χ2v) is 7.46. The lowest BCUT2D eigenvalue weighted by atomic mass is 10.1. The molecule has 1 saturated heterocycles. The SMILES string of the molecule is CCN1CCN(CC(C)CNC(=O)c2ccc(NCCOC)c([N+](=O)[O-])c2)CC1. The summed E-state index contributed by atoms with van der Waals surface area (Å²) in [7, 11) is 1.57. The third kappa shape index (κ3) is 7.26. The number of nitro groups is 1. The Morgan fingerprint density at radius 1 is 1.28 bits per heavy atom. The lowest BCUT2D eigenvalue weighted by molar-refractivity contribution is -0.384. The van der Waals surface area contributed by atoms with Crippen LogP contribution in [0.3, 0.4) is 0 Å². The molecule has 0 spiro atoms. The summed E-state index contributed by atoms with van der Waals surface area (Å²) in [6.45, 7) is 12.0. The molecule has 1 aliphatic heterocycles. The van der Waals surface area contributed by atoms with E-state index in [1.807, 2.05) is 0 Å². The first-order valence-electron chi connectivity index (χ1n) is 10.2. The van der Waals surface area contributed by atoms with Crippen molar-refractivity contribution in [1.82, 2.24) is 15.1 Å². The molecule has 0 aromatic heterocycles. The Morgan fingerprint density at radius 3 is 2.59 bits per heavy atom. The summed E-state index contributed by atoms with van der Waals surface area (Å²) >= 11 is 0. The molecule has 1 fully saturated rings. The van der Waals surface area contributed by atoms with Gasteiger partial charge >= 0.3 is 0 Å². The molecule has 1 heterocycles. The molecule has 1 atom stereocenters. The van der Waals surface area contributed by atoms with E-state index >= 15 is 0 Å². The topological polar surface area (TPSA) is 100.0 Å². The first-order chi connectivity index (χ1) is 13.9. The Morgan fingerprint density at radius 2 is 1.97 bits per heavy atom. The van der Waals surface area contributed by atoms with E-state index in [1.54, 1.807) is 19.2 Å². The largest absolute Gasteiger partial charge is 0.383 e. The summed E-state index contributed by atoms with van der Waals surface area (Å²) in [5.41, 5.74) is 0.552. The second kappa shape index (κ2) is 11.7. The van der Waals surface area contributed by atoms with Crippen LogP contribution in [0.2, 0.25) is 0 Å². The van der Waals surface area contributed by atoms with Crippen LogP contribution in [-0.4, -0.2) is 86.7 Å². The molecule has 2 rings (SSSR count). The number of carbonyl (C=O) groups is 1. The minimum absolute atomic E-state index is 0.115. The van der Waals surface area contributed by atoms with Crippen molar-refractivity contribution in [3.8, 4) is 0 Å². The number of likely N-dealkylation sites (N-methyl/N-ethyl adjacent to an activating group) is 1. The van der Waals surface area contributed by atoms with Crippen LogP contribution in [0.5, 0.6) is 0 Å². The van der Waals surface area contributed by atoms with Crippen LogP contribution in [0.15, 0.2) is 18.2 Å². The van der Waals surface area contributed by atoms with Gasteiger partial charge in [0, 0.05) is 64.6 Å². The number of carbonyl (C=O) groups excluding carboxylic acids is 1. The minimum Gasteiger partial charge on any atom is -0.383 e. The number of hydrogen-bond donors (Lipinski definition) is 2. The summed E-state index contributed by atoms with van der Waals surface area (Å²) < 4.78 is 4.94. The van der Waals surface area contributed by atoms with Crippen molar-refractivity contribution < 1.29 is 14.5 Å². The fraction of sp³-hybridized carbons (Fsp3) is 0.650. The number of benzene rings is 1. The van der Waals surface area contributed by atoms with Gasteiger partial charge in [0.05, 0.1) is 11.5 Å². The summed E-state index contributed by atoms with van der Waals surface area (Å²) in [4.78, 5) is 28.2. The van der Waals surface area contributed by atoms with Crippen molar-refractivity contribution in [3.63, 3.8) is 0 Å². The number of hydrogen-bond acceptors (Lipinski definition) is 7. The summed E-state index contributed by atoms with van der Waals surface area (Å²) in [6, 6.07) is 4.49. The highest BCUT2D eigenvalue weighted by atomic mass is 16.6. The van der Waals surface area contributed by atoms with Gasteiger partial charge < -0.3 is 25.2 Å². The smallest absolute Gasteiger partial charge is 0.293 e. The third-order valence-electron chi connectivity index (χ3n) is 5.17. The number of ether oxygens (including phenoxy) is 1. The summed E-state index contributed by atoms with van der Waals surface area (Å²) in [5.74, 6) is 0.0105. The van der Waals surface area contributed by atoms with E-state index in [2.05, 4.69) is 34.3 Å². The van der Waals surface area contributed by atoms with E-state index in [-0.39, 0.29) is 17.2 Å². The van der Waals surface area contributed by atoms with Crippen molar-refractivity contribution >= 4 is 17.3 Å². The minimum atomic E-state index is -0.482. The third-order valence-corrected chi connectivity index (χ3v) is 5.17. The Hall–Kier alpha value is -2.23. The lowest BCUT2D eigenvalue weighted by Crippen LogP contribution is -2.48. The quantitative estimate of drug-likeness (QED) is 0.327. The molecule has 0 aliphatic carbocycles. The highest BCUT2D eigenvalue weighted by Gasteiger charge is 2.20. The fourth-order valence-electron chi connectivity index (χ4n) is 3.42. The molecule has 9 heteroatoms. The van der Waals surface area contributed by atoms with Gasteiger partial charge in [0.15, 0.2) is 0 Å². The maximum absolute atomic E-state index is 12.5. The number of nitro benzene ring substituents is 1. The first-order valence-corrected chi connectivity index (χ1v) is 10.2. The van der Waals surface area contributed by atoms with Gasteiger partial charge in [-0.3, -0.25) is 14.9 Å². The van der Waals surface area contributed by atoms with E-state index in [9.17, 15) is 14.9 Å². The van der Waals surface area contributed by atoms with Gasteiger partial charge in [-0.1, -0.05) is 13.8 Å². The van der Waals surface area contributed by atoms with E-state index in [4.69, 9.17) is 4.74 Å². The van der Waals surface area contributed by atoms with Gasteiger partial charge in [0.2, 0.25) is 0 Å². The monoisotopic (exact) mass is 407 g/mol. The molecule has 162 valence electrons. The Balaban J connectivity index is 1.86. The van der Waals surface area contributed by atoms with Crippen LogP contribution in [0.25, 0.3) is 0 Å². The molecular weight excluding hydrogens is 374 g/mol. The first kappa shape index (κ1) is 23.1. The standard InChI is InChI=1S/C20H33N5O4/c1-4-23-8-10-24(11-9-23)15-16(2)14-22-20(26)17-5-6-18(21-7-12-29-3)19(13-17)25(27)28/h5-6,13,16,21H,4,7-12,14-15H2,1-3H3,(H,22,26). The van der Waals surface area contributed by atoms with Gasteiger partial charge in [0.25, 0.3) is 11.6 Å². The number of amides is 1.